The molecule has 140 valence electrons. The van der Waals surface area contributed by atoms with Crippen molar-refractivity contribution in [3.05, 3.63) is 35.6 Å². The number of carbonyl (C=O) groups is 3. The fourth-order valence-electron chi connectivity index (χ4n) is 3.96. The lowest BCUT2D eigenvalue weighted by Crippen LogP contribution is -3.09. The zero-order chi connectivity index (χ0) is 18.8. The van der Waals surface area contributed by atoms with E-state index in [2.05, 4.69) is 0 Å². The van der Waals surface area contributed by atoms with Crippen molar-refractivity contribution in [2.75, 3.05) is 13.7 Å². The standard InChI is InChI=1S/C19H24FN3O3/c1-13-6-3-4-9-16(13)23-18(25)17(24)22(19(23)26)12-21(2)11-14-7-5-8-15(20)10-14/h5,7-8,10,13,16H,3-4,6,9,11-12H2,1-2H3/p+1/t13-,16-/m1/s1. The van der Waals surface area contributed by atoms with Crippen LogP contribution in [0, 0.1) is 11.7 Å². The van der Waals surface area contributed by atoms with Crippen LogP contribution in [0.15, 0.2) is 24.3 Å². The second-order valence-corrected chi connectivity index (χ2v) is 7.44. The van der Waals surface area contributed by atoms with Crippen molar-refractivity contribution >= 4 is 17.8 Å². The van der Waals surface area contributed by atoms with Crippen LogP contribution >= 0.6 is 0 Å². The Bertz CT molecular complexity index is 724. The Morgan fingerprint density at radius 2 is 1.88 bits per heavy atom. The molecule has 1 saturated heterocycles. The molecule has 26 heavy (non-hydrogen) atoms. The molecule has 2 aliphatic rings. The van der Waals surface area contributed by atoms with Crippen LogP contribution in [0.3, 0.4) is 0 Å². The molecule has 2 fully saturated rings. The topological polar surface area (TPSA) is 62.1 Å². The predicted molar refractivity (Wildman–Crippen MR) is 92.4 cm³/mol. The van der Waals surface area contributed by atoms with E-state index in [0.717, 1.165) is 41.0 Å². The zero-order valence-electron chi connectivity index (χ0n) is 15.2. The first-order valence-electron chi connectivity index (χ1n) is 9.13. The van der Waals surface area contributed by atoms with Crippen molar-refractivity contribution in [3.63, 3.8) is 0 Å². The van der Waals surface area contributed by atoms with Gasteiger partial charge in [-0.15, -0.1) is 0 Å². The highest BCUT2D eigenvalue weighted by Crippen LogP contribution is 2.30. The van der Waals surface area contributed by atoms with Gasteiger partial charge in [0.1, 0.15) is 12.4 Å². The molecule has 6 nitrogen and oxygen atoms in total. The van der Waals surface area contributed by atoms with Gasteiger partial charge in [-0.1, -0.05) is 31.9 Å². The van der Waals surface area contributed by atoms with E-state index in [1.54, 1.807) is 12.1 Å². The quantitative estimate of drug-likeness (QED) is 0.632. The SMILES string of the molecule is C[C@@H]1CCCC[C@H]1N1C(=O)C(=O)N(C[NH+](C)Cc2cccc(F)c2)C1=O. The number of hydrogen-bond donors (Lipinski definition) is 1. The normalized spacial score (nSPS) is 25.1. The molecular formula is C19H25FN3O3+. The highest BCUT2D eigenvalue weighted by molar-refractivity contribution is 6.44. The van der Waals surface area contributed by atoms with Crippen molar-refractivity contribution in [2.24, 2.45) is 5.92 Å². The number of hydrogen-bond acceptors (Lipinski definition) is 3. The molecule has 0 spiro atoms. The third-order valence-electron chi connectivity index (χ3n) is 5.30. The van der Waals surface area contributed by atoms with Gasteiger partial charge in [-0.3, -0.25) is 14.5 Å². The summed E-state index contributed by atoms with van der Waals surface area (Å²) in [6, 6.07) is 5.51. The fraction of sp³-hybridized carbons (Fsp3) is 0.526. The van der Waals surface area contributed by atoms with Crippen molar-refractivity contribution in [1.82, 2.24) is 9.80 Å². The Kier molecular flexibility index (Phi) is 5.36. The number of halogens is 1. The Balaban J connectivity index is 1.69. The maximum absolute atomic E-state index is 13.3. The van der Waals surface area contributed by atoms with Crippen LogP contribution in [0.2, 0.25) is 0 Å². The number of imide groups is 2. The first-order chi connectivity index (χ1) is 12.4. The molecule has 1 aliphatic heterocycles. The summed E-state index contributed by atoms with van der Waals surface area (Å²) < 4.78 is 13.3. The van der Waals surface area contributed by atoms with Crippen LogP contribution in [-0.2, 0) is 16.1 Å². The van der Waals surface area contributed by atoms with Gasteiger partial charge in [0.15, 0.2) is 6.67 Å². The average molecular weight is 362 g/mol. The van der Waals surface area contributed by atoms with Crippen LogP contribution in [0.4, 0.5) is 9.18 Å². The molecule has 3 atom stereocenters. The molecule has 7 heteroatoms. The van der Waals surface area contributed by atoms with E-state index in [4.69, 9.17) is 0 Å². The van der Waals surface area contributed by atoms with Crippen molar-refractivity contribution in [2.45, 2.75) is 45.2 Å². The molecule has 0 aromatic heterocycles. The summed E-state index contributed by atoms with van der Waals surface area (Å²) in [6.45, 7) is 2.55. The zero-order valence-corrected chi connectivity index (χ0v) is 15.2. The second kappa shape index (κ2) is 7.53. The molecule has 0 radical (unpaired) electrons. The van der Waals surface area contributed by atoms with Crippen LogP contribution in [0.5, 0.6) is 0 Å². The first kappa shape index (κ1) is 18.5. The number of nitrogens with zero attached hydrogens (tertiary/aromatic N) is 2. The number of urea groups is 1. The summed E-state index contributed by atoms with van der Waals surface area (Å²) in [5.41, 5.74) is 0.769. The molecule has 1 aromatic carbocycles. The summed E-state index contributed by atoms with van der Waals surface area (Å²) >= 11 is 0. The van der Waals surface area contributed by atoms with E-state index in [1.165, 1.54) is 17.0 Å². The number of carbonyl (C=O) groups excluding carboxylic acids is 3. The molecule has 1 aromatic rings. The van der Waals surface area contributed by atoms with E-state index in [0.29, 0.717) is 6.54 Å². The van der Waals surface area contributed by atoms with Crippen molar-refractivity contribution in [3.8, 4) is 0 Å². The lowest BCUT2D eigenvalue weighted by atomic mass is 9.85. The monoisotopic (exact) mass is 362 g/mol. The van der Waals surface area contributed by atoms with Gasteiger partial charge >= 0.3 is 17.8 Å². The minimum absolute atomic E-state index is 0.0809. The third kappa shape index (κ3) is 3.62. The maximum atomic E-state index is 13.3. The molecular weight excluding hydrogens is 337 g/mol. The van der Waals surface area contributed by atoms with Crippen LogP contribution < -0.4 is 4.90 Å². The van der Waals surface area contributed by atoms with Crippen molar-refractivity contribution in [1.29, 1.82) is 0 Å². The van der Waals surface area contributed by atoms with Gasteiger partial charge in [-0.05, 0) is 30.9 Å². The molecule has 1 heterocycles. The van der Waals surface area contributed by atoms with Gasteiger partial charge in [0, 0.05) is 11.6 Å². The summed E-state index contributed by atoms with van der Waals surface area (Å²) in [6.07, 6.45) is 3.77. The maximum Gasteiger partial charge on any atom is 0.338 e. The Morgan fingerprint density at radius 1 is 1.15 bits per heavy atom. The Labute approximate surface area is 152 Å². The number of rotatable bonds is 5. The second-order valence-electron chi connectivity index (χ2n) is 7.44. The number of benzene rings is 1. The van der Waals surface area contributed by atoms with Crippen LogP contribution in [-0.4, -0.2) is 47.4 Å². The van der Waals surface area contributed by atoms with E-state index in [9.17, 15) is 18.8 Å². The smallest absolute Gasteiger partial charge is 0.316 e. The van der Waals surface area contributed by atoms with Crippen LogP contribution in [0.25, 0.3) is 0 Å². The molecule has 4 amide bonds. The van der Waals surface area contributed by atoms with Gasteiger partial charge in [-0.2, -0.15) is 0 Å². The molecule has 1 unspecified atom stereocenters. The van der Waals surface area contributed by atoms with Gasteiger partial charge in [0.25, 0.3) is 0 Å². The highest BCUT2D eigenvalue weighted by atomic mass is 19.1. The average Bonchev–Trinajstić information content (AvgIpc) is 2.79. The van der Waals surface area contributed by atoms with E-state index in [1.807, 2.05) is 14.0 Å². The molecule has 0 bridgehead atoms. The number of nitrogens with one attached hydrogen (secondary N) is 1. The largest absolute Gasteiger partial charge is 0.338 e. The molecule has 1 saturated carbocycles. The summed E-state index contributed by atoms with van der Waals surface area (Å²) in [5.74, 6) is -1.59. The number of quaternary nitrogens is 1. The Hall–Kier alpha value is -2.28. The number of amides is 4. The Morgan fingerprint density at radius 3 is 2.58 bits per heavy atom. The van der Waals surface area contributed by atoms with E-state index < -0.39 is 17.8 Å². The summed E-state index contributed by atoms with van der Waals surface area (Å²) in [7, 11) is 1.81. The van der Waals surface area contributed by atoms with Crippen LogP contribution in [0.1, 0.15) is 38.2 Å². The predicted octanol–water partition coefficient (Wildman–Crippen LogP) is 1.17. The lowest BCUT2D eigenvalue weighted by molar-refractivity contribution is -0.901. The van der Waals surface area contributed by atoms with E-state index >= 15 is 0 Å². The lowest BCUT2D eigenvalue weighted by Gasteiger charge is -2.34. The summed E-state index contributed by atoms with van der Waals surface area (Å²) in [5, 5.41) is 0. The van der Waals surface area contributed by atoms with Crippen molar-refractivity contribution < 1.29 is 23.7 Å². The first-order valence-corrected chi connectivity index (χ1v) is 9.13. The third-order valence-corrected chi connectivity index (χ3v) is 5.30. The molecule has 1 N–H and O–H groups in total. The van der Waals surface area contributed by atoms with Gasteiger partial charge in [-0.25, -0.2) is 14.1 Å². The fourth-order valence-corrected chi connectivity index (χ4v) is 3.96. The molecule has 3 rings (SSSR count). The summed E-state index contributed by atoms with van der Waals surface area (Å²) in [4.78, 5) is 40.5. The minimum Gasteiger partial charge on any atom is -0.316 e. The van der Waals surface area contributed by atoms with Gasteiger partial charge in [0.2, 0.25) is 0 Å². The van der Waals surface area contributed by atoms with E-state index in [-0.39, 0.29) is 24.4 Å². The molecule has 1 aliphatic carbocycles. The highest BCUT2D eigenvalue weighted by Gasteiger charge is 2.50. The minimum atomic E-state index is -0.758. The van der Waals surface area contributed by atoms with Gasteiger partial charge < -0.3 is 4.90 Å². The van der Waals surface area contributed by atoms with Gasteiger partial charge in [0.05, 0.1) is 7.05 Å².